The van der Waals surface area contributed by atoms with Crippen molar-refractivity contribution < 1.29 is 22.1 Å². The van der Waals surface area contributed by atoms with Gasteiger partial charge in [0.15, 0.2) is 11.6 Å². The summed E-state index contributed by atoms with van der Waals surface area (Å²) in [5.41, 5.74) is 1.72. The van der Waals surface area contributed by atoms with Gasteiger partial charge in [-0.25, -0.2) is 13.1 Å². The molecule has 0 aliphatic heterocycles. The molecule has 0 saturated heterocycles. The number of benzene rings is 1. The van der Waals surface area contributed by atoms with Gasteiger partial charge in [0.2, 0.25) is 10.0 Å². The van der Waals surface area contributed by atoms with E-state index in [2.05, 4.69) is 24.6 Å². The van der Waals surface area contributed by atoms with Gasteiger partial charge in [-0.05, 0) is 83.7 Å². The molecule has 1 aromatic rings. The van der Waals surface area contributed by atoms with Gasteiger partial charge in [0.25, 0.3) is 0 Å². The van der Waals surface area contributed by atoms with Gasteiger partial charge in [0.1, 0.15) is 0 Å². The second kappa shape index (κ2) is 10.8. The minimum Gasteiger partial charge on any atom is -0.382 e. The van der Waals surface area contributed by atoms with Crippen molar-refractivity contribution in [3.63, 3.8) is 0 Å². The second-order valence-electron chi connectivity index (χ2n) is 13.5. The fourth-order valence-corrected chi connectivity index (χ4v) is 11.4. The Morgan fingerprint density at radius 2 is 1.39 bits per heavy atom. The topological polar surface area (TPSA) is 89.5 Å². The predicted molar refractivity (Wildman–Crippen MR) is 168 cm³/mol. The van der Waals surface area contributed by atoms with Crippen LogP contribution in [0.4, 0.5) is 0 Å². The van der Waals surface area contributed by atoms with E-state index >= 15 is 0 Å². The maximum Gasteiger partial charge on any atom is 0.313 e. The number of hydrogen-bond donors (Lipinski definition) is 1. The summed E-state index contributed by atoms with van der Waals surface area (Å²) in [5.74, 6) is 1.01. The summed E-state index contributed by atoms with van der Waals surface area (Å²) in [7, 11) is -1.77. The van der Waals surface area contributed by atoms with Gasteiger partial charge in [0.05, 0.1) is 16.6 Å². The van der Waals surface area contributed by atoms with Crippen molar-refractivity contribution in [2.45, 2.75) is 73.5 Å². The van der Waals surface area contributed by atoms with Crippen LogP contribution in [0.2, 0.25) is 6.32 Å². The van der Waals surface area contributed by atoms with Crippen molar-refractivity contribution >= 4 is 53.3 Å². The van der Waals surface area contributed by atoms with E-state index in [0.29, 0.717) is 18.7 Å². The molecule has 0 aromatic heterocycles. The van der Waals surface area contributed by atoms with E-state index in [-0.39, 0.29) is 34.6 Å². The number of carbonyl (C=O) groups excluding carboxylic acids is 2. The SMILES string of the molecule is CC[B]OSCC12CCC(/C(=C\c3ccc(/C=C4/C(=O)C5(CS(=O)(=O)NCC)CCC4C5(C)C)cc3)C1=O)C2(C)C. The molecule has 5 rings (SSSR count). The van der Waals surface area contributed by atoms with Crippen molar-refractivity contribution in [3.8, 4) is 0 Å². The Labute approximate surface area is 251 Å². The lowest BCUT2D eigenvalue weighted by molar-refractivity contribution is -0.125. The normalized spacial score (nSPS) is 33.4. The summed E-state index contributed by atoms with van der Waals surface area (Å²) in [5, 5.41) is 0. The Kier molecular flexibility index (Phi) is 8.10. The monoisotopic (exact) mass is 596 g/mol. The van der Waals surface area contributed by atoms with Crippen molar-refractivity contribution in [2.24, 2.45) is 33.5 Å². The molecule has 4 fully saturated rings. The van der Waals surface area contributed by atoms with Gasteiger partial charge in [-0.3, -0.25) is 9.59 Å². The van der Waals surface area contributed by atoms with E-state index in [1.165, 1.54) is 12.0 Å². The molecule has 4 unspecified atom stereocenters. The van der Waals surface area contributed by atoms with Crippen molar-refractivity contribution in [3.05, 3.63) is 46.5 Å². The van der Waals surface area contributed by atoms with Crippen LogP contribution in [0.15, 0.2) is 35.4 Å². The van der Waals surface area contributed by atoms with Crippen molar-refractivity contribution in [1.82, 2.24) is 4.72 Å². The number of sulfonamides is 1. The van der Waals surface area contributed by atoms with Crippen LogP contribution in [-0.4, -0.2) is 45.5 Å². The van der Waals surface area contributed by atoms with Crippen LogP contribution in [0.1, 0.15) is 78.4 Å². The van der Waals surface area contributed by atoms with E-state index in [9.17, 15) is 18.0 Å². The highest BCUT2D eigenvalue weighted by Gasteiger charge is 2.68. The summed E-state index contributed by atoms with van der Waals surface area (Å²) in [4.78, 5) is 27.5. The molecule has 1 radical (unpaired) electrons. The van der Waals surface area contributed by atoms with E-state index < -0.39 is 26.3 Å². The quantitative estimate of drug-likeness (QED) is 0.143. The molecule has 0 heterocycles. The number of rotatable bonds is 11. The van der Waals surface area contributed by atoms with E-state index in [0.717, 1.165) is 47.9 Å². The number of Topliss-reactive ketones (excluding diaryl/α,β-unsaturated/α-hetero) is 2. The molecular weight excluding hydrogens is 553 g/mol. The second-order valence-corrected chi connectivity index (χ2v) is 16.0. The first kappa shape index (κ1) is 30.8. The maximum atomic E-state index is 13.8. The fourth-order valence-electron chi connectivity index (χ4n) is 8.46. The molecule has 9 heteroatoms. The zero-order valence-electron chi connectivity index (χ0n) is 25.2. The average molecular weight is 597 g/mol. The van der Waals surface area contributed by atoms with Crippen LogP contribution in [0.25, 0.3) is 12.2 Å². The lowest BCUT2D eigenvalue weighted by Gasteiger charge is -2.35. The number of hydrogen-bond acceptors (Lipinski definition) is 6. The van der Waals surface area contributed by atoms with Crippen LogP contribution < -0.4 is 4.72 Å². The Morgan fingerprint density at radius 1 is 0.902 bits per heavy atom. The van der Waals surface area contributed by atoms with Crippen LogP contribution in [0.3, 0.4) is 0 Å². The van der Waals surface area contributed by atoms with Gasteiger partial charge in [-0.2, -0.15) is 0 Å². The minimum absolute atomic E-state index is 0.0232. The van der Waals surface area contributed by atoms with Gasteiger partial charge in [-0.1, -0.05) is 72.1 Å². The van der Waals surface area contributed by atoms with Crippen molar-refractivity contribution in [2.75, 3.05) is 18.1 Å². The third-order valence-corrected chi connectivity index (χ3v) is 13.5. The highest BCUT2D eigenvalue weighted by Crippen LogP contribution is 2.67. The van der Waals surface area contributed by atoms with Crippen molar-refractivity contribution in [1.29, 1.82) is 0 Å². The smallest absolute Gasteiger partial charge is 0.313 e. The number of fused-ring (bicyclic) bond motifs is 4. The number of ketones is 2. The highest BCUT2D eigenvalue weighted by atomic mass is 32.2. The number of carbonyl (C=O) groups is 2. The zero-order valence-corrected chi connectivity index (χ0v) is 26.8. The van der Waals surface area contributed by atoms with E-state index in [4.69, 9.17) is 4.10 Å². The molecule has 4 aliphatic rings. The van der Waals surface area contributed by atoms with Gasteiger partial charge in [-0.15, -0.1) is 0 Å². The molecule has 4 saturated carbocycles. The molecule has 0 spiro atoms. The molecule has 4 atom stereocenters. The predicted octanol–water partition coefficient (Wildman–Crippen LogP) is 6.13. The van der Waals surface area contributed by atoms with Crippen LogP contribution in [0.5, 0.6) is 0 Å². The third-order valence-electron chi connectivity index (χ3n) is 11.1. The Hall–Kier alpha value is -1.68. The van der Waals surface area contributed by atoms with E-state index in [1.54, 1.807) is 14.4 Å². The molecule has 4 bridgehead atoms. The first-order valence-corrected chi connectivity index (χ1v) is 17.5. The standard InChI is InChI=1S/C32H43BNO5S2/c1-7-33-39-40-19-31-15-13-25(29(31,3)4)23(27(31)35)17-21-9-11-22(12-10-21)18-24-26-14-16-32(28(24)36,30(26,5)6)20-41(37,38)34-8-2/h9-12,17-18,25-26,34H,7-8,13-16,19-20H2,1-6H3/b23-17+,24-18+. The summed E-state index contributed by atoms with van der Waals surface area (Å²) in [6.07, 6.45) is 8.18. The summed E-state index contributed by atoms with van der Waals surface area (Å²) < 4.78 is 33.6. The van der Waals surface area contributed by atoms with Crippen LogP contribution in [0, 0.1) is 33.5 Å². The van der Waals surface area contributed by atoms with Crippen LogP contribution >= 0.6 is 12.0 Å². The summed E-state index contributed by atoms with van der Waals surface area (Å²) in [6.45, 7) is 12.7. The average Bonchev–Trinajstić information content (AvgIpc) is 3.42. The Morgan fingerprint density at radius 3 is 1.90 bits per heavy atom. The highest BCUT2D eigenvalue weighted by molar-refractivity contribution is 7.95. The first-order valence-electron chi connectivity index (χ1n) is 15.0. The lowest BCUT2D eigenvalue weighted by atomic mass is 9.70. The third kappa shape index (κ3) is 4.74. The first-order chi connectivity index (χ1) is 19.3. The molecule has 221 valence electrons. The van der Waals surface area contributed by atoms with Gasteiger partial charge in [0, 0.05) is 23.4 Å². The van der Waals surface area contributed by atoms with Gasteiger partial charge < -0.3 is 4.10 Å². The molecular formula is C32H43BNO5S2. The van der Waals surface area contributed by atoms with Gasteiger partial charge >= 0.3 is 7.48 Å². The number of allylic oxidation sites excluding steroid dienone is 2. The largest absolute Gasteiger partial charge is 0.382 e. The fraction of sp³-hybridized carbons (Fsp3) is 0.625. The minimum atomic E-state index is -3.55. The molecule has 0 amide bonds. The van der Waals surface area contributed by atoms with E-state index in [1.807, 2.05) is 51.1 Å². The molecule has 1 N–H and O–H groups in total. The summed E-state index contributed by atoms with van der Waals surface area (Å²) >= 11 is 1.39. The molecule has 4 aliphatic carbocycles. The van der Waals surface area contributed by atoms with Crippen LogP contribution in [-0.2, 0) is 23.7 Å². The summed E-state index contributed by atoms with van der Waals surface area (Å²) in [6, 6.07) is 8.02. The maximum absolute atomic E-state index is 13.8. The molecule has 6 nitrogen and oxygen atoms in total. The molecule has 1 aromatic carbocycles. The number of nitrogens with one attached hydrogen (secondary N) is 1. The molecule has 41 heavy (non-hydrogen) atoms. The Balaban J connectivity index is 1.37. The zero-order chi connectivity index (χ0) is 29.8. The lowest BCUT2D eigenvalue weighted by Crippen LogP contribution is -2.45. The Bertz CT molecular complexity index is 1400.